The van der Waals surface area contributed by atoms with E-state index in [0.29, 0.717) is 24.7 Å². The normalized spacial score (nSPS) is 16.8. The van der Waals surface area contributed by atoms with Crippen LogP contribution in [-0.4, -0.2) is 20.8 Å². The number of hydrogen-bond acceptors (Lipinski definition) is 4. The minimum absolute atomic E-state index is 0.0751. The summed E-state index contributed by atoms with van der Waals surface area (Å²) in [5, 5.41) is 0.814. The molecule has 0 unspecified atom stereocenters. The number of carbonyl (C=O) groups excluding carboxylic acids is 1. The Morgan fingerprint density at radius 3 is 2.41 bits per heavy atom. The van der Waals surface area contributed by atoms with Gasteiger partial charge in [0.15, 0.2) is 0 Å². The fourth-order valence-electron chi connectivity index (χ4n) is 4.47. The van der Waals surface area contributed by atoms with E-state index in [4.69, 9.17) is 5.73 Å². The predicted octanol–water partition coefficient (Wildman–Crippen LogP) is 4.03. The van der Waals surface area contributed by atoms with Crippen LogP contribution in [-0.2, 0) is 13.1 Å². The number of benzene rings is 2. The highest BCUT2D eigenvalue weighted by Crippen LogP contribution is 2.36. The van der Waals surface area contributed by atoms with Gasteiger partial charge in [-0.3, -0.25) is 4.79 Å². The summed E-state index contributed by atoms with van der Waals surface area (Å²) < 4.78 is 0. The third-order valence-electron chi connectivity index (χ3n) is 5.89. The van der Waals surface area contributed by atoms with E-state index >= 15 is 0 Å². The number of nitrogens with two attached hydrogens (primary N) is 1. The summed E-state index contributed by atoms with van der Waals surface area (Å²) in [6.45, 7) is 1.23. The zero-order valence-corrected chi connectivity index (χ0v) is 15.2. The zero-order chi connectivity index (χ0) is 18.4. The van der Waals surface area contributed by atoms with Gasteiger partial charge in [-0.25, -0.2) is 9.97 Å². The number of aromatic nitrogens is 2. The SMILES string of the molecule is Nc1nc(C(=O)N2Cc3ccccc3C2)c2cc(C3CCCC3)ccc2n1. The van der Waals surface area contributed by atoms with Gasteiger partial charge in [-0.1, -0.05) is 43.2 Å². The topological polar surface area (TPSA) is 72.1 Å². The molecule has 5 rings (SSSR count). The van der Waals surface area contributed by atoms with Crippen LogP contribution < -0.4 is 5.73 Å². The Kier molecular flexibility index (Phi) is 3.81. The summed E-state index contributed by atoms with van der Waals surface area (Å²) >= 11 is 0. The largest absolute Gasteiger partial charge is 0.368 e. The number of rotatable bonds is 2. The molecule has 0 atom stereocenters. The van der Waals surface area contributed by atoms with Crippen LogP contribution in [0.2, 0.25) is 0 Å². The van der Waals surface area contributed by atoms with Crippen molar-refractivity contribution in [3.05, 3.63) is 64.8 Å². The van der Waals surface area contributed by atoms with Crippen LogP contribution in [0, 0.1) is 0 Å². The highest BCUT2D eigenvalue weighted by molar-refractivity contribution is 6.05. The molecule has 1 aromatic heterocycles. The summed E-state index contributed by atoms with van der Waals surface area (Å²) in [6.07, 6.45) is 4.98. The Labute approximate surface area is 158 Å². The highest BCUT2D eigenvalue weighted by atomic mass is 16.2. The smallest absolute Gasteiger partial charge is 0.273 e. The van der Waals surface area contributed by atoms with E-state index in [1.165, 1.54) is 42.4 Å². The minimum Gasteiger partial charge on any atom is -0.368 e. The molecule has 1 saturated carbocycles. The molecule has 2 heterocycles. The van der Waals surface area contributed by atoms with Crippen molar-refractivity contribution >= 4 is 22.8 Å². The van der Waals surface area contributed by atoms with Crippen molar-refractivity contribution in [1.82, 2.24) is 14.9 Å². The average molecular weight is 358 g/mol. The molecule has 0 radical (unpaired) electrons. The highest BCUT2D eigenvalue weighted by Gasteiger charge is 2.27. The zero-order valence-electron chi connectivity index (χ0n) is 15.2. The summed E-state index contributed by atoms with van der Waals surface area (Å²) in [5.41, 5.74) is 10.8. The van der Waals surface area contributed by atoms with Crippen molar-refractivity contribution < 1.29 is 4.79 Å². The Bertz CT molecular complexity index is 1010. The standard InChI is InChI=1S/C22H22N4O/c23-22-24-19-10-9-15(14-5-1-2-6-14)11-18(19)20(25-22)21(27)26-12-16-7-3-4-8-17(16)13-26/h3-4,7-11,14H,1-2,5-6,12-13H2,(H2,23,24,25). The van der Waals surface area contributed by atoms with Gasteiger partial charge in [0.25, 0.3) is 5.91 Å². The van der Waals surface area contributed by atoms with Crippen LogP contribution >= 0.6 is 0 Å². The third-order valence-corrected chi connectivity index (χ3v) is 5.89. The minimum atomic E-state index is -0.0751. The van der Waals surface area contributed by atoms with Crippen LogP contribution in [0.1, 0.15) is 58.8 Å². The number of hydrogen-bond donors (Lipinski definition) is 1. The number of amides is 1. The molecule has 5 heteroatoms. The third kappa shape index (κ3) is 2.83. The number of fused-ring (bicyclic) bond motifs is 2. The lowest BCUT2D eigenvalue weighted by Crippen LogP contribution is -2.27. The first kappa shape index (κ1) is 16.2. The molecule has 2 aliphatic rings. The van der Waals surface area contributed by atoms with Gasteiger partial charge in [-0.05, 0) is 47.6 Å². The Balaban J connectivity index is 1.55. The fraction of sp³-hybridized carbons (Fsp3) is 0.318. The molecular formula is C22H22N4O. The molecule has 2 N–H and O–H groups in total. The molecule has 3 aromatic rings. The van der Waals surface area contributed by atoms with Crippen molar-refractivity contribution in [3.8, 4) is 0 Å². The Morgan fingerprint density at radius 2 is 1.70 bits per heavy atom. The molecule has 1 aliphatic carbocycles. The molecule has 27 heavy (non-hydrogen) atoms. The molecular weight excluding hydrogens is 336 g/mol. The second-order valence-corrected chi connectivity index (χ2v) is 7.62. The molecule has 0 bridgehead atoms. The van der Waals surface area contributed by atoms with Gasteiger partial charge in [-0.15, -0.1) is 0 Å². The van der Waals surface area contributed by atoms with Gasteiger partial charge < -0.3 is 10.6 Å². The van der Waals surface area contributed by atoms with E-state index in [9.17, 15) is 4.79 Å². The molecule has 0 spiro atoms. The van der Waals surface area contributed by atoms with Gasteiger partial charge in [0, 0.05) is 18.5 Å². The molecule has 5 nitrogen and oxygen atoms in total. The molecule has 1 amide bonds. The van der Waals surface area contributed by atoms with Crippen LogP contribution in [0.4, 0.5) is 5.95 Å². The van der Waals surface area contributed by atoms with Crippen molar-refractivity contribution in [2.75, 3.05) is 5.73 Å². The van der Waals surface area contributed by atoms with Crippen LogP contribution in [0.3, 0.4) is 0 Å². The van der Waals surface area contributed by atoms with E-state index in [2.05, 4.69) is 34.2 Å². The molecule has 0 saturated heterocycles. The summed E-state index contributed by atoms with van der Waals surface area (Å²) in [5.74, 6) is 0.649. The quantitative estimate of drug-likeness (QED) is 0.751. The second kappa shape index (κ2) is 6.34. The summed E-state index contributed by atoms with van der Waals surface area (Å²) in [7, 11) is 0. The molecule has 2 aromatic carbocycles. The Morgan fingerprint density at radius 1 is 1.00 bits per heavy atom. The predicted molar refractivity (Wildman–Crippen MR) is 105 cm³/mol. The van der Waals surface area contributed by atoms with E-state index in [1.54, 1.807) is 0 Å². The van der Waals surface area contributed by atoms with E-state index < -0.39 is 0 Å². The van der Waals surface area contributed by atoms with Gasteiger partial charge in [0.05, 0.1) is 5.52 Å². The number of anilines is 1. The number of nitrogen functional groups attached to an aromatic ring is 1. The van der Waals surface area contributed by atoms with E-state index in [0.717, 1.165) is 10.9 Å². The second-order valence-electron chi connectivity index (χ2n) is 7.62. The first-order valence-corrected chi connectivity index (χ1v) is 9.62. The van der Waals surface area contributed by atoms with Crippen molar-refractivity contribution in [2.24, 2.45) is 0 Å². The average Bonchev–Trinajstić information content (AvgIpc) is 3.36. The maximum atomic E-state index is 13.3. The maximum Gasteiger partial charge on any atom is 0.273 e. The first-order chi connectivity index (χ1) is 13.2. The lowest BCUT2D eigenvalue weighted by atomic mass is 9.95. The molecule has 136 valence electrons. The Hall–Kier alpha value is -2.95. The fourth-order valence-corrected chi connectivity index (χ4v) is 4.47. The van der Waals surface area contributed by atoms with Crippen molar-refractivity contribution in [3.63, 3.8) is 0 Å². The van der Waals surface area contributed by atoms with E-state index in [1.807, 2.05) is 23.1 Å². The number of carbonyl (C=O) groups is 1. The van der Waals surface area contributed by atoms with Crippen molar-refractivity contribution in [1.29, 1.82) is 0 Å². The van der Waals surface area contributed by atoms with Gasteiger partial charge in [0.1, 0.15) is 5.69 Å². The van der Waals surface area contributed by atoms with Gasteiger partial charge >= 0.3 is 0 Å². The van der Waals surface area contributed by atoms with Crippen molar-refractivity contribution in [2.45, 2.75) is 44.7 Å². The monoisotopic (exact) mass is 358 g/mol. The lowest BCUT2D eigenvalue weighted by molar-refractivity contribution is 0.0747. The van der Waals surface area contributed by atoms with Crippen LogP contribution in [0.5, 0.6) is 0 Å². The van der Waals surface area contributed by atoms with Crippen LogP contribution in [0.15, 0.2) is 42.5 Å². The maximum absolute atomic E-state index is 13.3. The summed E-state index contributed by atoms with van der Waals surface area (Å²) in [4.78, 5) is 23.8. The first-order valence-electron chi connectivity index (χ1n) is 9.62. The van der Waals surface area contributed by atoms with E-state index in [-0.39, 0.29) is 11.9 Å². The molecule has 1 fully saturated rings. The van der Waals surface area contributed by atoms with Gasteiger partial charge in [-0.2, -0.15) is 0 Å². The number of nitrogens with zero attached hydrogens (tertiary/aromatic N) is 3. The molecule has 1 aliphatic heterocycles. The summed E-state index contributed by atoms with van der Waals surface area (Å²) in [6, 6.07) is 14.4. The van der Waals surface area contributed by atoms with Crippen LogP contribution in [0.25, 0.3) is 10.9 Å². The van der Waals surface area contributed by atoms with Gasteiger partial charge in [0.2, 0.25) is 5.95 Å². The lowest BCUT2D eigenvalue weighted by Gasteiger charge is -2.17.